The van der Waals surface area contributed by atoms with Crippen molar-refractivity contribution < 1.29 is 13.3 Å². The summed E-state index contributed by atoms with van der Waals surface area (Å²) in [7, 11) is 0. The van der Waals surface area contributed by atoms with Crippen LogP contribution in [0.3, 0.4) is 0 Å². The molecule has 24 aromatic rings. The van der Waals surface area contributed by atoms with Crippen LogP contribution in [0.5, 0.6) is 0 Å². The number of nitriles is 3. The largest absolute Gasteiger partial charge is 0.456 e. The molecule has 6 heterocycles. The van der Waals surface area contributed by atoms with Gasteiger partial charge in [-0.3, -0.25) is 0 Å². The van der Waals surface area contributed by atoms with Crippen LogP contribution in [0, 0.1) is 34.0 Å². The van der Waals surface area contributed by atoms with E-state index in [9.17, 15) is 15.8 Å². The van der Waals surface area contributed by atoms with Crippen molar-refractivity contribution in [1.29, 1.82) is 15.8 Å². The van der Waals surface area contributed by atoms with Crippen LogP contribution in [-0.2, 0) is 0 Å². The molecule has 0 aliphatic carbocycles. The van der Waals surface area contributed by atoms with Gasteiger partial charge in [0.2, 0.25) is 0 Å². The molecule has 0 saturated heterocycles. The van der Waals surface area contributed by atoms with E-state index in [2.05, 4.69) is 317 Å². The summed E-state index contributed by atoms with van der Waals surface area (Å²) >= 11 is 0. The fraction of sp³-hybridized carbons (Fsp3) is 0. The third-order valence-corrected chi connectivity index (χ3v) is 23.4. The van der Waals surface area contributed by atoms with Crippen molar-refractivity contribution in [2.75, 3.05) is 0 Å². The highest BCUT2D eigenvalue weighted by Crippen LogP contribution is 2.44. The predicted molar refractivity (Wildman–Crippen MR) is 491 cm³/mol. The topological polar surface area (TPSA) is 126 Å². The number of rotatable bonds is 9. The molecule has 6 aromatic heterocycles. The zero-order chi connectivity index (χ0) is 79.9. The monoisotopic (exact) mass is 1530 g/mol. The Morgan fingerprint density at radius 1 is 0.175 bits per heavy atom. The van der Waals surface area contributed by atoms with E-state index in [4.69, 9.17) is 13.3 Å². The first kappa shape index (κ1) is 69.9. The lowest BCUT2D eigenvalue weighted by molar-refractivity contribution is 0.668. The van der Waals surface area contributed by atoms with E-state index in [1.807, 2.05) is 115 Å². The van der Waals surface area contributed by atoms with E-state index in [1.165, 1.54) is 43.4 Å². The summed E-state index contributed by atoms with van der Waals surface area (Å²) in [5, 5.41) is 42.8. The Morgan fingerprint density at radius 2 is 0.458 bits per heavy atom. The minimum atomic E-state index is 0.646. The second kappa shape index (κ2) is 28.9. The Morgan fingerprint density at radius 3 is 0.817 bits per heavy atom. The summed E-state index contributed by atoms with van der Waals surface area (Å²) in [4.78, 5) is 0. The second-order valence-corrected chi connectivity index (χ2v) is 30.4. The number of hydrogen-bond donors (Lipinski definition) is 0. The van der Waals surface area contributed by atoms with E-state index in [1.54, 1.807) is 0 Å². The van der Waals surface area contributed by atoms with Gasteiger partial charge in [0.25, 0.3) is 0 Å². The van der Waals surface area contributed by atoms with Crippen LogP contribution in [-0.4, -0.2) is 13.7 Å². The van der Waals surface area contributed by atoms with Crippen molar-refractivity contribution in [2.24, 2.45) is 0 Å². The SMILES string of the molecule is N#Cc1ccc(-c2cc(-c3ccc4oc5ccccc5c4c3)cc(-n3c4ccccc4c4ccccc43)c2)cc1.N#Cc1cccc(-c2cc(-c3ccc4oc5ccccc5c4c3)cc(-n3c4ccccc4c4ccccc43)c2)c1.N#Cc1ccccc1-c1cc(-c2ccc3oc4ccccc4c3c2)cc(-n2c3ccccc3c3ccccc32)c1. The molecule has 0 saturated carbocycles. The molecular formula is C111H66N6O3. The number of nitrogens with zero attached hydrogens (tertiary/aromatic N) is 6. The van der Waals surface area contributed by atoms with Crippen molar-refractivity contribution >= 4 is 131 Å². The predicted octanol–water partition coefficient (Wildman–Crippen LogP) is 29.7. The number of aromatic nitrogens is 3. The average molecular weight is 1530 g/mol. The number of hydrogen-bond acceptors (Lipinski definition) is 6. The second-order valence-electron chi connectivity index (χ2n) is 30.4. The van der Waals surface area contributed by atoms with Crippen LogP contribution in [0.25, 0.3) is 215 Å². The summed E-state index contributed by atoms with van der Waals surface area (Å²) in [5.74, 6) is 0. The highest BCUT2D eigenvalue weighted by molar-refractivity contribution is 6.14. The lowest BCUT2D eigenvalue weighted by Crippen LogP contribution is -1.96. The van der Waals surface area contributed by atoms with Gasteiger partial charge in [0.15, 0.2) is 0 Å². The highest BCUT2D eigenvalue weighted by atomic mass is 16.3. The van der Waals surface area contributed by atoms with E-state index in [0.29, 0.717) is 16.7 Å². The molecule has 18 aromatic carbocycles. The Bertz CT molecular complexity index is 8270. The highest BCUT2D eigenvalue weighted by Gasteiger charge is 2.22. The smallest absolute Gasteiger partial charge is 0.135 e. The van der Waals surface area contributed by atoms with Crippen LogP contribution < -0.4 is 0 Å². The van der Waals surface area contributed by atoms with E-state index < -0.39 is 0 Å². The van der Waals surface area contributed by atoms with Crippen LogP contribution in [0.2, 0.25) is 0 Å². The molecule has 9 nitrogen and oxygen atoms in total. The van der Waals surface area contributed by atoms with Crippen LogP contribution in [0.15, 0.2) is 414 Å². The zero-order valence-electron chi connectivity index (χ0n) is 64.5. The number of para-hydroxylation sites is 9. The summed E-state index contributed by atoms with van der Waals surface area (Å²) in [6.45, 7) is 0. The Hall–Kier alpha value is -16.8. The summed E-state index contributed by atoms with van der Waals surface area (Å²) in [5.41, 5.74) is 30.2. The van der Waals surface area contributed by atoms with Gasteiger partial charge in [-0.05, 0) is 243 Å². The molecular weight excluding hydrogens is 1470 g/mol. The quantitative estimate of drug-likeness (QED) is 0.142. The van der Waals surface area contributed by atoms with Gasteiger partial charge in [0, 0.05) is 81.7 Å². The van der Waals surface area contributed by atoms with Gasteiger partial charge in [0.1, 0.15) is 33.5 Å². The van der Waals surface area contributed by atoms with Gasteiger partial charge in [-0.15, -0.1) is 0 Å². The lowest BCUT2D eigenvalue weighted by atomic mass is 9.94. The molecule has 0 amide bonds. The van der Waals surface area contributed by atoms with Crippen LogP contribution in [0.1, 0.15) is 16.7 Å². The maximum Gasteiger partial charge on any atom is 0.135 e. The fourth-order valence-electron chi connectivity index (χ4n) is 17.9. The van der Waals surface area contributed by atoms with E-state index in [0.717, 1.165) is 172 Å². The summed E-state index contributed by atoms with van der Waals surface area (Å²) in [6, 6.07) is 146. The average Bonchev–Trinajstić information content (AvgIpc) is 1.59. The fourth-order valence-corrected chi connectivity index (χ4v) is 17.9. The molecule has 0 aliphatic rings. The molecule has 24 rings (SSSR count). The zero-order valence-corrected chi connectivity index (χ0v) is 64.5. The van der Waals surface area contributed by atoms with Gasteiger partial charge in [-0.2, -0.15) is 15.8 Å². The maximum absolute atomic E-state index is 9.93. The van der Waals surface area contributed by atoms with E-state index >= 15 is 0 Å². The number of fused-ring (bicyclic) bond motifs is 18. The summed E-state index contributed by atoms with van der Waals surface area (Å²) in [6.07, 6.45) is 0. The number of benzene rings is 18. The molecule has 0 atom stereocenters. The molecule has 0 N–H and O–H groups in total. The van der Waals surface area contributed by atoms with E-state index in [-0.39, 0.29) is 0 Å². The maximum atomic E-state index is 9.93. The Balaban J connectivity index is 0.000000108. The molecule has 0 spiro atoms. The molecule has 0 radical (unpaired) electrons. The van der Waals surface area contributed by atoms with Crippen LogP contribution in [0.4, 0.5) is 0 Å². The van der Waals surface area contributed by atoms with Crippen molar-refractivity contribution in [2.45, 2.75) is 0 Å². The Kier molecular flexibility index (Phi) is 16.9. The first-order valence-corrected chi connectivity index (χ1v) is 40.0. The van der Waals surface area contributed by atoms with Gasteiger partial charge in [-0.25, -0.2) is 0 Å². The normalized spacial score (nSPS) is 11.5. The first-order chi connectivity index (χ1) is 59.3. The third-order valence-electron chi connectivity index (χ3n) is 23.4. The first-order valence-electron chi connectivity index (χ1n) is 40.0. The summed E-state index contributed by atoms with van der Waals surface area (Å²) < 4.78 is 25.3. The number of furan rings is 3. The van der Waals surface area contributed by atoms with Crippen molar-refractivity contribution in [3.8, 4) is 102 Å². The Labute approximate surface area is 688 Å². The minimum absolute atomic E-state index is 0.646. The van der Waals surface area contributed by atoms with Crippen molar-refractivity contribution in [3.63, 3.8) is 0 Å². The molecule has 558 valence electrons. The molecule has 0 aliphatic heterocycles. The van der Waals surface area contributed by atoms with Gasteiger partial charge >= 0.3 is 0 Å². The van der Waals surface area contributed by atoms with Gasteiger partial charge < -0.3 is 27.0 Å². The molecule has 9 heteroatoms. The standard InChI is InChI=1S/3C37H22N2O/c38-23-24-8-7-9-25(18-24)27-19-28(26-16-17-37-33(22-26)32-12-3-6-15-36(32)40-37)21-29(20-27)39-34-13-4-1-10-30(34)31-11-2-5-14-35(31)39;38-23-24-13-15-25(16-14-24)27-19-28(26-17-18-37-33(22-26)32-9-3-6-12-36(32)40-37)21-29(20-27)39-34-10-4-1-7-30(34)31-8-2-5-11-35(31)39;38-23-25-9-1-2-10-29(25)27-19-26(24-17-18-37-33(22-24)32-13-5-8-16-36(32)40-37)20-28(21-27)39-34-14-6-3-11-30(34)31-12-4-7-15-35(31)39/h3*1-22H. The van der Waals surface area contributed by atoms with Crippen LogP contribution >= 0.6 is 0 Å². The van der Waals surface area contributed by atoms with Crippen molar-refractivity contribution in [3.05, 3.63) is 417 Å². The molecule has 0 fully saturated rings. The third kappa shape index (κ3) is 12.1. The van der Waals surface area contributed by atoms with Crippen molar-refractivity contribution in [1.82, 2.24) is 13.7 Å². The molecule has 0 bridgehead atoms. The minimum Gasteiger partial charge on any atom is -0.456 e. The molecule has 120 heavy (non-hydrogen) atoms. The lowest BCUT2D eigenvalue weighted by Gasteiger charge is -2.14. The van der Waals surface area contributed by atoms with Gasteiger partial charge in [0.05, 0.1) is 68.0 Å². The van der Waals surface area contributed by atoms with Gasteiger partial charge in [-0.1, -0.05) is 224 Å². The molecule has 0 unspecified atom stereocenters.